The topological polar surface area (TPSA) is 76.2 Å². The normalized spacial score (nSPS) is 19.0. The van der Waals surface area contributed by atoms with E-state index in [1.54, 1.807) is 18.2 Å². The molecule has 2 aliphatic heterocycles. The van der Waals surface area contributed by atoms with Crippen LogP contribution in [0.2, 0.25) is 0 Å². The van der Waals surface area contributed by atoms with Gasteiger partial charge in [0.2, 0.25) is 0 Å². The summed E-state index contributed by atoms with van der Waals surface area (Å²) in [5.74, 6) is 1.02. The molecule has 7 nitrogen and oxygen atoms in total. The first-order valence-corrected chi connectivity index (χ1v) is 10.7. The molecule has 0 spiro atoms. The maximum Gasteiger partial charge on any atom is 0.269 e. The molecule has 1 unspecified atom stereocenters. The van der Waals surface area contributed by atoms with Crippen LogP contribution in [0.1, 0.15) is 23.2 Å². The highest BCUT2D eigenvalue weighted by atomic mass is 35.5. The molecule has 0 saturated heterocycles. The van der Waals surface area contributed by atoms with Gasteiger partial charge in [-0.05, 0) is 44.2 Å². The third kappa shape index (κ3) is 4.05. The molecule has 0 aromatic heterocycles. The van der Waals surface area contributed by atoms with Crippen LogP contribution in [0, 0.1) is 0 Å². The van der Waals surface area contributed by atoms with Crippen molar-refractivity contribution in [2.24, 2.45) is 0 Å². The zero-order chi connectivity index (χ0) is 19.7. The van der Waals surface area contributed by atoms with Crippen LogP contribution in [0.5, 0.6) is 11.5 Å². The molecule has 0 saturated carbocycles. The zero-order valence-corrected chi connectivity index (χ0v) is 17.6. The van der Waals surface area contributed by atoms with Crippen molar-refractivity contribution in [1.29, 1.82) is 0 Å². The second kappa shape index (κ2) is 8.61. The van der Waals surface area contributed by atoms with Crippen molar-refractivity contribution in [1.82, 2.24) is 9.21 Å². The number of hydrogen-bond donors (Lipinski definition) is 0. The van der Waals surface area contributed by atoms with Crippen LogP contribution in [0.3, 0.4) is 0 Å². The maximum absolute atomic E-state index is 12.5. The van der Waals surface area contributed by atoms with Gasteiger partial charge in [0.05, 0.1) is 5.56 Å². The number of halogens is 1. The summed E-state index contributed by atoms with van der Waals surface area (Å²) in [6, 6.07) is 13.9. The van der Waals surface area contributed by atoms with E-state index in [-0.39, 0.29) is 35.6 Å². The summed E-state index contributed by atoms with van der Waals surface area (Å²) in [5, 5.41) is 0. The third-order valence-electron chi connectivity index (χ3n) is 5.02. The van der Waals surface area contributed by atoms with Crippen molar-refractivity contribution in [3.05, 3.63) is 54.1 Å². The van der Waals surface area contributed by atoms with Crippen LogP contribution in [-0.4, -0.2) is 56.5 Å². The van der Waals surface area contributed by atoms with Crippen LogP contribution in [0.25, 0.3) is 0 Å². The monoisotopic (exact) mass is 438 g/mol. The fourth-order valence-electron chi connectivity index (χ4n) is 3.44. The summed E-state index contributed by atoms with van der Waals surface area (Å²) >= 11 is 0. The van der Waals surface area contributed by atoms with E-state index in [1.165, 1.54) is 6.07 Å². The number of para-hydroxylation sites is 2. The maximum atomic E-state index is 12.5. The summed E-state index contributed by atoms with van der Waals surface area (Å²) in [5.41, 5.74) is 0.256. The van der Waals surface area contributed by atoms with Crippen molar-refractivity contribution in [3.63, 3.8) is 0 Å². The number of fused-ring (bicyclic) bond motifs is 2. The predicted octanol–water partition coefficient (Wildman–Crippen LogP) is 2.76. The average Bonchev–Trinajstić information content (AvgIpc) is 2.91. The van der Waals surface area contributed by atoms with Gasteiger partial charge >= 0.3 is 0 Å². The van der Waals surface area contributed by atoms with E-state index in [4.69, 9.17) is 9.47 Å². The van der Waals surface area contributed by atoms with Gasteiger partial charge in [0.1, 0.15) is 11.5 Å². The van der Waals surface area contributed by atoms with Crippen LogP contribution in [0.4, 0.5) is 0 Å². The zero-order valence-electron chi connectivity index (χ0n) is 16.0. The largest absolute Gasteiger partial charge is 0.484 e. The molecular weight excluding hydrogens is 416 g/mol. The Morgan fingerprint density at radius 1 is 1.07 bits per heavy atom. The molecule has 2 aromatic rings. The smallest absolute Gasteiger partial charge is 0.269 e. The SMILES string of the molecule is CN(CCCCN1C(=O)c2ccccc2S1(=O)=O)C1COc2ccccc2O1.Cl. The minimum atomic E-state index is -3.72. The van der Waals surface area contributed by atoms with E-state index in [2.05, 4.69) is 0 Å². The molecule has 9 heteroatoms. The summed E-state index contributed by atoms with van der Waals surface area (Å²) in [4.78, 5) is 14.5. The van der Waals surface area contributed by atoms with Gasteiger partial charge in [-0.3, -0.25) is 9.69 Å². The Labute approximate surface area is 176 Å². The van der Waals surface area contributed by atoms with Crippen LogP contribution in [0.15, 0.2) is 53.4 Å². The lowest BCUT2D eigenvalue weighted by molar-refractivity contribution is -0.0158. The molecule has 1 atom stereocenters. The molecule has 1 amide bonds. The lowest BCUT2D eigenvalue weighted by Gasteiger charge is -2.32. The average molecular weight is 439 g/mol. The molecule has 2 heterocycles. The number of nitrogens with zero attached hydrogens (tertiary/aromatic N) is 2. The Balaban J connectivity index is 0.00000240. The second-order valence-corrected chi connectivity index (χ2v) is 8.73. The number of amides is 1. The highest BCUT2D eigenvalue weighted by Crippen LogP contribution is 2.32. The van der Waals surface area contributed by atoms with Gasteiger partial charge in [-0.2, -0.15) is 0 Å². The number of benzene rings is 2. The molecule has 0 fully saturated rings. The molecule has 0 bridgehead atoms. The van der Waals surface area contributed by atoms with E-state index in [9.17, 15) is 13.2 Å². The first-order valence-electron chi connectivity index (χ1n) is 9.23. The van der Waals surface area contributed by atoms with E-state index in [0.29, 0.717) is 19.6 Å². The highest BCUT2D eigenvalue weighted by molar-refractivity contribution is 7.90. The third-order valence-corrected chi connectivity index (χ3v) is 6.86. The Kier molecular flexibility index (Phi) is 6.36. The number of carbonyl (C=O) groups is 1. The first kappa shape index (κ1) is 21.4. The van der Waals surface area contributed by atoms with Gasteiger partial charge in [-0.25, -0.2) is 12.7 Å². The molecule has 0 radical (unpaired) electrons. The lowest BCUT2D eigenvalue weighted by Crippen LogP contribution is -2.43. The van der Waals surface area contributed by atoms with Gasteiger partial charge in [0, 0.05) is 13.1 Å². The predicted molar refractivity (Wildman–Crippen MR) is 110 cm³/mol. The first-order chi connectivity index (χ1) is 13.5. The van der Waals surface area contributed by atoms with Crippen LogP contribution >= 0.6 is 12.4 Å². The number of unbranched alkanes of at least 4 members (excludes halogenated alkanes) is 1. The second-order valence-electron chi connectivity index (χ2n) is 6.90. The Hall–Kier alpha value is -2.29. The summed E-state index contributed by atoms with van der Waals surface area (Å²) in [6.45, 7) is 1.31. The van der Waals surface area contributed by atoms with Crippen molar-refractivity contribution in [2.75, 3.05) is 26.7 Å². The van der Waals surface area contributed by atoms with E-state index < -0.39 is 15.9 Å². The summed E-state index contributed by atoms with van der Waals surface area (Å²) in [6.07, 6.45) is 1.11. The molecule has 2 aliphatic rings. The molecule has 4 rings (SSSR count). The number of sulfonamides is 1. The molecule has 29 heavy (non-hydrogen) atoms. The van der Waals surface area contributed by atoms with Crippen molar-refractivity contribution >= 4 is 28.3 Å². The number of hydrogen-bond acceptors (Lipinski definition) is 6. The fraction of sp³-hybridized carbons (Fsp3) is 0.350. The Morgan fingerprint density at radius 2 is 1.76 bits per heavy atom. The van der Waals surface area contributed by atoms with E-state index in [0.717, 1.165) is 22.2 Å². The van der Waals surface area contributed by atoms with Crippen LogP contribution in [-0.2, 0) is 10.0 Å². The standard InChI is InChI=1S/C20H22N2O5S.ClH/c1-21(19-14-26-16-9-3-4-10-17(16)27-19)12-6-7-13-22-20(23)15-8-2-5-11-18(15)28(22,24)25;/h2-5,8-11,19H,6-7,12-14H2,1H3;1H. The highest BCUT2D eigenvalue weighted by Gasteiger charge is 2.40. The number of ether oxygens (including phenoxy) is 2. The molecule has 0 aliphatic carbocycles. The molecule has 0 N–H and O–H groups in total. The van der Waals surface area contributed by atoms with E-state index in [1.807, 2.05) is 36.2 Å². The van der Waals surface area contributed by atoms with Crippen molar-refractivity contribution in [3.8, 4) is 11.5 Å². The molecule has 156 valence electrons. The fourth-order valence-corrected chi connectivity index (χ4v) is 5.05. The number of carbonyl (C=O) groups excluding carboxylic acids is 1. The summed E-state index contributed by atoms with van der Waals surface area (Å²) in [7, 11) is -1.78. The van der Waals surface area contributed by atoms with Crippen LogP contribution < -0.4 is 9.47 Å². The number of likely N-dealkylation sites (N-methyl/N-ethyl adjacent to an activating group) is 1. The van der Waals surface area contributed by atoms with Gasteiger partial charge < -0.3 is 9.47 Å². The minimum absolute atomic E-state index is 0. The Bertz CT molecular complexity index is 998. The molecular formula is C20H23ClN2O5S. The lowest BCUT2D eigenvalue weighted by atomic mass is 10.2. The summed E-state index contributed by atoms with van der Waals surface area (Å²) < 4.78 is 37.8. The van der Waals surface area contributed by atoms with Gasteiger partial charge in [0.25, 0.3) is 15.9 Å². The minimum Gasteiger partial charge on any atom is -0.484 e. The van der Waals surface area contributed by atoms with Gasteiger partial charge in [0.15, 0.2) is 17.7 Å². The van der Waals surface area contributed by atoms with E-state index >= 15 is 0 Å². The quantitative estimate of drug-likeness (QED) is 0.645. The number of rotatable bonds is 6. The van der Waals surface area contributed by atoms with Crippen molar-refractivity contribution in [2.45, 2.75) is 24.0 Å². The van der Waals surface area contributed by atoms with Gasteiger partial charge in [-0.1, -0.05) is 24.3 Å². The molecule has 2 aromatic carbocycles. The Morgan fingerprint density at radius 3 is 2.52 bits per heavy atom. The van der Waals surface area contributed by atoms with Gasteiger partial charge in [-0.15, -0.1) is 12.4 Å². The van der Waals surface area contributed by atoms with Crippen molar-refractivity contribution < 1.29 is 22.7 Å².